The molecule has 0 rings (SSSR count). The van der Waals surface area contributed by atoms with E-state index in [-0.39, 0.29) is 11.8 Å². The fraction of sp³-hybridized carbons (Fsp3) is 0.529. The van der Waals surface area contributed by atoms with Gasteiger partial charge in [-0.15, -0.1) is 19.7 Å². The molecule has 0 saturated heterocycles. The van der Waals surface area contributed by atoms with Crippen molar-refractivity contribution in [1.29, 1.82) is 0 Å². The molecule has 0 fully saturated rings. The molecule has 0 saturated carbocycles. The molecule has 3 heteroatoms. The minimum absolute atomic E-state index is 0.117. The summed E-state index contributed by atoms with van der Waals surface area (Å²) in [5, 5.41) is 0. The Balaban J connectivity index is 5.00. The fourth-order valence-electron chi connectivity index (χ4n) is 2.13. The highest BCUT2D eigenvalue weighted by Gasteiger charge is 2.33. The summed E-state index contributed by atoms with van der Waals surface area (Å²) in [4.78, 5) is 23.9. The van der Waals surface area contributed by atoms with Crippen molar-refractivity contribution in [3.8, 4) is 0 Å². The Morgan fingerprint density at radius 2 is 1.35 bits per heavy atom. The first-order valence-electron chi connectivity index (χ1n) is 6.78. The van der Waals surface area contributed by atoms with E-state index in [2.05, 4.69) is 19.7 Å². The number of carbonyl (C=O) groups excluding carboxylic acids is 2. The lowest BCUT2D eigenvalue weighted by molar-refractivity contribution is -0.163. The van der Waals surface area contributed by atoms with Gasteiger partial charge in [0, 0.05) is 6.42 Å². The smallest absolute Gasteiger partial charge is 0.375 e. The lowest BCUT2D eigenvalue weighted by atomic mass is 9.74. The topological polar surface area (TPSA) is 43.4 Å². The van der Waals surface area contributed by atoms with E-state index in [9.17, 15) is 9.59 Å². The van der Waals surface area contributed by atoms with Crippen LogP contribution in [0.5, 0.6) is 0 Å². The Morgan fingerprint density at radius 1 is 0.950 bits per heavy atom. The van der Waals surface area contributed by atoms with Crippen molar-refractivity contribution in [2.24, 2.45) is 5.41 Å². The third kappa shape index (κ3) is 6.50. The average molecular weight is 278 g/mol. The van der Waals surface area contributed by atoms with Crippen LogP contribution in [0.3, 0.4) is 0 Å². The number of ether oxygens (including phenoxy) is 1. The third-order valence-electron chi connectivity index (χ3n) is 2.89. The molecule has 0 bridgehead atoms. The third-order valence-corrected chi connectivity index (χ3v) is 2.89. The summed E-state index contributed by atoms with van der Waals surface area (Å²) < 4.78 is 5.11. The molecule has 0 heterocycles. The number of esters is 1. The van der Waals surface area contributed by atoms with Crippen LogP contribution < -0.4 is 0 Å². The standard InChI is InChI=1S/C17H26O3/c1-7-10-17(11-8-2,12-9-3)13-14(18)15(19)20-16(4,5)6/h7-9H,1-3,10-13H2,4-6H3. The summed E-state index contributed by atoms with van der Waals surface area (Å²) in [5.41, 5.74) is -1.04. The zero-order chi connectivity index (χ0) is 15.8. The largest absolute Gasteiger partial charge is 0.454 e. The fourth-order valence-corrected chi connectivity index (χ4v) is 2.13. The molecule has 0 aliphatic heterocycles. The number of rotatable bonds is 9. The molecule has 0 N–H and O–H groups in total. The molecule has 112 valence electrons. The number of hydrogen-bond acceptors (Lipinski definition) is 3. The van der Waals surface area contributed by atoms with Crippen molar-refractivity contribution in [3.63, 3.8) is 0 Å². The van der Waals surface area contributed by atoms with Gasteiger partial charge >= 0.3 is 5.97 Å². The van der Waals surface area contributed by atoms with E-state index in [0.717, 1.165) is 0 Å². The maximum absolute atomic E-state index is 12.1. The Kier molecular flexibility index (Phi) is 7.19. The Morgan fingerprint density at radius 3 is 1.65 bits per heavy atom. The van der Waals surface area contributed by atoms with Gasteiger partial charge in [-0.25, -0.2) is 4.79 Å². The molecule has 0 aliphatic carbocycles. The lowest BCUT2D eigenvalue weighted by Crippen LogP contribution is -2.33. The van der Waals surface area contributed by atoms with Gasteiger partial charge in [0.1, 0.15) is 5.60 Å². The molecule has 0 atom stereocenters. The number of ketones is 1. The van der Waals surface area contributed by atoms with E-state index < -0.39 is 17.4 Å². The molecule has 0 aromatic heterocycles. The molecule has 0 spiro atoms. The maximum Gasteiger partial charge on any atom is 0.375 e. The second-order valence-corrected chi connectivity index (χ2v) is 6.08. The van der Waals surface area contributed by atoms with Crippen LogP contribution in [-0.4, -0.2) is 17.4 Å². The second-order valence-electron chi connectivity index (χ2n) is 6.08. The van der Waals surface area contributed by atoms with Gasteiger partial charge in [-0.2, -0.15) is 0 Å². The second kappa shape index (κ2) is 7.83. The highest BCUT2D eigenvalue weighted by atomic mass is 16.6. The van der Waals surface area contributed by atoms with Gasteiger partial charge < -0.3 is 4.74 Å². The monoisotopic (exact) mass is 278 g/mol. The molecule has 0 unspecified atom stereocenters. The minimum Gasteiger partial charge on any atom is -0.454 e. The summed E-state index contributed by atoms with van der Waals surface area (Å²) in [7, 11) is 0. The molecule has 20 heavy (non-hydrogen) atoms. The van der Waals surface area contributed by atoms with Crippen molar-refractivity contribution >= 4 is 11.8 Å². The van der Waals surface area contributed by atoms with Crippen LogP contribution >= 0.6 is 0 Å². The van der Waals surface area contributed by atoms with Crippen LogP contribution in [-0.2, 0) is 14.3 Å². The minimum atomic E-state index is -0.779. The van der Waals surface area contributed by atoms with Crippen molar-refractivity contribution in [1.82, 2.24) is 0 Å². The van der Waals surface area contributed by atoms with Crippen molar-refractivity contribution in [3.05, 3.63) is 38.0 Å². The summed E-state index contributed by atoms with van der Waals surface area (Å²) in [6.07, 6.45) is 7.27. The SMILES string of the molecule is C=CCC(CC=C)(CC=C)CC(=O)C(=O)OC(C)(C)C. The van der Waals surface area contributed by atoms with Gasteiger partial charge in [-0.1, -0.05) is 18.2 Å². The molecular weight excluding hydrogens is 252 g/mol. The molecule has 0 amide bonds. The number of allylic oxidation sites excluding steroid dienone is 3. The van der Waals surface area contributed by atoms with Crippen molar-refractivity contribution in [2.45, 2.75) is 52.1 Å². The van der Waals surface area contributed by atoms with Gasteiger partial charge in [0.05, 0.1) is 0 Å². The van der Waals surface area contributed by atoms with Crippen LogP contribution in [0.4, 0.5) is 0 Å². The molecule has 0 aromatic carbocycles. The highest BCUT2D eigenvalue weighted by Crippen LogP contribution is 2.36. The average Bonchev–Trinajstić information content (AvgIpc) is 2.27. The highest BCUT2D eigenvalue weighted by molar-refractivity contribution is 6.33. The zero-order valence-electron chi connectivity index (χ0n) is 12.9. The van der Waals surface area contributed by atoms with E-state index in [4.69, 9.17) is 4.74 Å². The first-order valence-corrected chi connectivity index (χ1v) is 6.78. The summed E-state index contributed by atoms with van der Waals surface area (Å²) in [6, 6.07) is 0. The van der Waals surface area contributed by atoms with Gasteiger partial charge in [0.25, 0.3) is 0 Å². The first kappa shape index (κ1) is 18.4. The van der Waals surface area contributed by atoms with Gasteiger partial charge in [0.2, 0.25) is 5.78 Å². The molecule has 3 nitrogen and oxygen atoms in total. The summed E-state index contributed by atoms with van der Waals surface area (Å²) in [6.45, 7) is 16.4. The summed E-state index contributed by atoms with van der Waals surface area (Å²) >= 11 is 0. The molecule has 0 radical (unpaired) electrons. The predicted molar refractivity (Wildman–Crippen MR) is 82.3 cm³/mol. The quantitative estimate of drug-likeness (QED) is 0.364. The molecule has 0 aliphatic rings. The Bertz CT molecular complexity index is 359. The molecule has 0 aromatic rings. The van der Waals surface area contributed by atoms with Crippen molar-refractivity contribution in [2.75, 3.05) is 0 Å². The van der Waals surface area contributed by atoms with Gasteiger partial charge in [-0.3, -0.25) is 4.79 Å². The number of carbonyl (C=O) groups is 2. The number of hydrogen-bond donors (Lipinski definition) is 0. The predicted octanol–water partition coefficient (Wildman–Crippen LogP) is 4.00. The van der Waals surface area contributed by atoms with E-state index in [1.54, 1.807) is 39.0 Å². The molecular formula is C17H26O3. The van der Waals surface area contributed by atoms with Crippen LogP contribution in [0.25, 0.3) is 0 Å². The van der Waals surface area contributed by atoms with Crippen LogP contribution in [0, 0.1) is 5.41 Å². The van der Waals surface area contributed by atoms with Gasteiger partial charge in [-0.05, 0) is 45.4 Å². The van der Waals surface area contributed by atoms with Crippen molar-refractivity contribution < 1.29 is 14.3 Å². The van der Waals surface area contributed by atoms with E-state index in [1.807, 2.05) is 0 Å². The van der Waals surface area contributed by atoms with Crippen LogP contribution in [0.1, 0.15) is 46.5 Å². The lowest BCUT2D eigenvalue weighted by Gasteiger charge is -2.30. The zero-order valence-corrected chi connectivity index (χ0v) is 12.9. The van der Waals surface area contributed by atoms with E-state index in [0.29, 0.717) is 19.3 Å². The Hall–Kier alpha value is -1.64. The van der Waals surface area contributed by atoms with Crippen LogP contribution in [0.2, 0.25) is 0 Å². The Labute approximate surface area is 122 Å². The first-order chi connectivity index (χ1) is 9.19. The van der Waals surface area contributed by atoms with E-state index in [1.165, 1.54) is 0 Å². The number of Topliss-reactive ketones (excluding diaryl/α,β-unsaturated/α-hetero) is 1. The van der Waals surface area contributed by atoms with E-state index >= 15 is 0 Å². The van der Waals surface area contributed by atoms with Gasteiger partial charge in [0.15, 0.2) is 0 Å². The van der Waals surface area contributed by atoms with Crippen LogP contribution in [0.15, 0.2) is 38.0 Å². The maximum atomic E-state index is 12.1. The summed E-state index contributed by atoms with van der Waals surface area (Å²) in [5.74, 6) is -1.29. The normalized spacial score (nSPS) is 11.6.